The fourth-order valence-corrected chi connectivity index (χ4v) is 2.45. The minimum Gasteiger partial charge on any atom is -0.269 e. The van der Waals surface area contributed by atoms with Crippen LogP contribution in [-0.2, 0) is 6.54 Å². The summed E-state index contributed by atoms with van der Waals surface area (Å²) in [7, 11) is 0. The van der Waals surface area contributed by atoms with Crippen molar-refractivity contribution >= 4 is 23.2 Å². The van der Waals surface area contributed by atoms with Crippen LogP contribution in [-0.4, -0.2) is 21.7 Å². The van der Waals surface area contributed by atoms with Crippen LogP contribution in [0.5, 0.6) is 0 Å². The minimum absolute atomic E-state index is 0.235. The molecule has 0 fully saturated rings. The van der Waals surface area contributed by atoms with Gasteiger partial charge in [0.25, 0.3) is 11.8 Å². The van der Waals surface area contributed by atoms with Gasteiger partial charge in [0.05, 0.1) is 17.7 Å². The number of hydrogen-bond donors (Lipinski definition) is 0. The second-order valence-corrected chi connectivity index (χ2v) is 4.65. The van der Waals surface area contributed by atoms with Crippen molar-refractivity contribution < 1.29 is 9.59 Å². The molecule has 1 aliphatic heterocycles. The molecular formula is C12H8N2O2S. The van der Waals surface area contributed by atoms with Gasteiger partial charge in [0, 0.05) is 11.6 Å². The van der Waals surface area contributed by atoms with E-state index in [4.69, 9.17) is 0 Å². The summed E-state index contributed by atoms with van der Waals surface area (Å²) >= 11 is 1.44. The minimum atomic E-state index is -0.235. The average molecular weight is 244 g/mol. The van der Waals surface area contributed by atoms with E-state index in [1.54, 1.807) is 30.5 Å². The van der Waals surface area contributed by atoms with Gasteiger partial charge < -0.3 is 0 Å². The molecule has 0 aliphatic carbocycles. The van der Waals surface area contributed by atoms with Gasteiger partial charge in [-0.25, -0.2) is 4.98 Å². The Morgan fingerprint density at radius 1 is 1.12 bits per heavy atom. The maximum Gasteiger partial charge on any atom is 0.261 e. The molecule has 4 nitrogen and oxygen atoms in total. The number of fused-ring (bicyclic) bond motifs is 1. The number of aromatic nitrogens is 1. The lowest BCUT2D eigenvalue weighted by molar-refractivity contribution is 0.0642. The third kappa shape index (κ3) is 1.55. The van der Waals surface area contributed by atoms with Crippen LogP contribution in [0.1, 0.15) is 25.7 Å². The van der Waals surface area contributed by atoms with Gasteiger partial charge in [-0.15, -0.1) is 11.3 Å². The molecule has 0 spiro atoms. The molecule has 0 unspecified atom stereocenters. The van der Waals surface area contributed by atoms with Crippen molar-refractivity contribution in [3.63, 3.8) is 0 Å². The van der Waals surface area contributed by atoms with Crippen LogP contribution in [0.2, 0.25) is 0 Å². The number of rotatable bonds is 2. The summed E-state index contributed by atoms with van der Waals surface area (Å²) in [5.41, 5.74) is 0.961. The highest BCUT2D eigenvalue weighted by Crippen LogP contribution is 2.24. The average Bonchev–Trinajstić information content (AvgIpc) is 2.94. The van der Waals surface area contributed by atoms with Crippen molar-refractivity contribution in [2.75, 3.05) is 0 Å². The van der Waals surface area contributed by atoms with E-state index < -0.39 is 0 Å². The third-order valence-corrected chi connectivity index (χ3v) is 3.42. The van der Waals surface area contributed by atoms with Crippen LogP contribution in [0.25, 0.3) is 0 Å². The fourth-order valence-electron chi connectivity index (χ4n) is 1.85. The standard InChI is InChI=1S/C12H8N2O2S/c15-11-8-3-1-2-4-9(8)12(16)14(11)7-10-13-5-6-17-10/h1-6H,7H2. The molecule has 1 aromatic carbocycles. The Morgan fingerprint density at radius 2 is 1.76 bits per heavy atom. The maximum atomic E-state index is 12.0. The molecule has 0 N–H and O–H groups in total. The molecule has 0 radical (unpaired) electrons. The number of carbonyl (C=O) groups is 2. The largest absolute Gasteiger partial charge is 0.269 e. The van der Waals surface area contributed by atoms with Gasteiger partial charge in [-0.1, -0.05) is 12.1 Å². The first kappa shape index (κ1) is 10.2. The number of amides is 2. The van der Waals surface area contributed by atoms with Gasteiger partial charge >= 0.3 is 0 Å². The monoisotopic (exact) mass is 244 g/mol. The van der Waals surface area contributed by atoms with Crippen LogP contribution < -0.4 is 0 Å². The third-order valence-electron chi connectivity index (χ3n) is 2.66. The van der Waals surface area contributed by atoms with E-state index in [2.05, 4.69) is 4.98 Å². The highest BCUT2D eigenvalue weighted by atomic mass is 32.1. The van der Waals surface area contributed by atoms with E-state index in [1.807, 2.05) is 5.38 Å². The van der Waals surface area contributed by atoms with Crippen LogP contribution in [0, 0.1) is 0 Å². The van der Waals surface area contributed by atoms with Gasteiger partial charge in [0.1, 0.15) is 5.01 Å². The van der Waals surface area contributed by atoms with E-state index in [9.17, 15) is 9.59 Å². The zero-order valence-electron chi connectivity index (χ0n) is 8.79. The molecule has 0 saturated carbocycles. The van der Waals surface area contributed by atoms with Gasteiger partial charge in [-0.05, 0) is 12.1 Å². The van der Waals surface area contributed by atoms with E-state index in [0.29, 0.717) is 11.1 Å². The van der Waals surface area contributed by atoms with Gasteiger partial charge in [-0.3, -0.25) is 14.5 Å². The Kier molecular flexibility index (Phi) is 2.26. The molecule has 2 amide bonds. The summed E-state index contributed by atoms with van der Waals surface area (Å²) in [5.74, 6) is -0.471. The van der Waals surface area contributed by atoms with Crippen LogP contribution in [0.3, 0.4) is 0 Å². The Morgan fingerprint density at radius 3 is 2.29 bits per heavy atom. The van der Waals surface area contributed by atoms with Crippen molar-refractivity contribution in [3.05, 3.63) is 52.0 Å². The first-order valence-corrected chi connectivity index (χ1v) is 5.99. The molecule has 0 saturated heterocycles. The molecule has 1 aliphatic rings. The summed E-state index contributed by atoms with van der Waals surface area (Å²) in [6, 6.07) is 6.88. The van der Waals surface area contributed by atoms with Crippen LogP contribution >= 0.6 is 11.3 Å². The number of nitrogens with zero attached hydrogens (tertiary/aromatic N) is 2. The van der Waals surface area contributed by atoms with Crippen LogP contribution in [0.15, 0.2) is 35.8 Å². The summed E-state index contributed by atoms with van der Waals surface area (Å²) in [6.45, 7) is 0.254. The highest BCUT2D eigenvalue weighted by molar-refractivity contribution is 7.09. The Hall–Kier alpha value is -2.01. The first-order valence-electron chi connectivity index (χ1n) is 5.11. The SMILES string of the molecule is O=C1c2ccccc2C(=O)N1Cc1nccs1. The first-order chi connectivity index (χ1) is 8.27. The van der Waals surface area contributed by atoms with Crippen molar-refractivity contribution in [1.82, 2.24) is 9.88 Å². The van der Waals surface area contributed by atoms with Crippen molar-refractivity contribution in [2.45, 2.75) is 6.54 Å². The molecule has 1 aromatic heterocycles. The second-order valence-electron chi connectivity index (χ2n) is 3.67. The van der Waals surface area contributed by atoms with E-state index in [0.717, 1.165) is 5.01 Å². The Labute approximate surface area is 102 Å². The molecule has 2 aromatic rings. The van der Waals surface area contributed by atoms with Gasteiger partial charge in [0.15, 0.2) is 0 Å². The lowest BCUT2D eigenvalue weighted by atomic mass is 10.1. The number of imide groups is 1. The quantitative estimate of drug-likeness (QED) is 0.758. The van der Waals surface area contributed by atoms with E-state index >= 15 is 0 Å². The molecule has 84 valence electrons. The van der Waals surface area contributed by atoms with E-state index in [1.165, 1.54) is 16.2 Å². The van der Waals surface area contributed by atoms with E-state index in [-0.39, 0.29) is 18.4 Å². The zero-order valence-corrected chi connectivity index (χ0v) is 9.61. The predicted octanol–water partition coefficient (Wildman–Crippen LogP) is 1.94. The predicted molar refractivity (Wildman–Crippen MR) is 62.8 cm³/mol. The van der Waals surface area contributed by atoms with Crippen LogP contribution in [0.4, 0.5) is 0 Å². The highest BCUT2D eigenvalue weighted by Gasteiger charge is 2.35. The lowest BCUT2D eigenvalue weighted by Crippen LogP contribution is -2.28. The fraction of sp³-hybridized carbons (Fsp3) is 0.0833. The van der Waals surface area contributed by atoms with Crippen molar-refractivity contribution in [2.24, 2.45) is 0 Å². The Balaban J connectivity index is 1.95. The topological polar surface area (TPSA) is 50.3 Å². The molecule has 5 heteroatoms. The molecule has 2 heterocycles. The Bertz CT molecular complexity index is 557. The molecule has 0 bridgehead atoms. The summed E-state index contributed by atoms with van der Waals surface area (Å²) in [4.78, 5) is 29.4. The summed E-state index contributed by atoms with van der Waals surface area (Å²) < 4.78 is 0. The van der Waals surface area contributed by atoms with Crippen molar-refractivity contribution in [3.8, 4) is 0 Å². The smallest absolute Gasteiger partial charge is 0.261 e. The van der Waals surface area contributed by atoms with Gasteiger partial charge in [-0.2, -0.15) is 0 Å². The number of carbonyl (C=O) groups excluding carboxylic acids is 2. The normalized spacial score (nSPS) is 14.2. The maximum absolute atomic E-state index is 12.0. The molecule has 17 heavy (non-hydrogen) atoms. The molecule has 0 atom stereocenters. The summed E-state index contributed by atoms with van der Waals surface area (Å²) in [6.07, 6.45) is 1.66. The second kappa shape index (κ2) is 3.78. The lowest BCUT2D eigenvalue weighted by Gasteiger charge is -2.11. The van der Waals surface area contributed by atoms with Crippen molar-refractivity contribution in [1.29, 1.82) is 0 Å². The zero-order chi connectivity index (χ0) is 11.8. The number of benzene rings is 1. The molecular weight excluding hydrogens is 236 g/mol. The molecule has 3 rings (SSSR count). The number of hydrogen-bond acceptors (Lipinski definition) is 4. The summed E-state index contributed by atoms with van der Waals surface area (Å²) in [5, 5.41) is 2.59. The van der Waals surface area contributed by atoms with Gasteiger partial charge in [0.2, 0.25) is 0 Å². The number of thiazole rings is 1.